The molecule has 0 radical (unpaired) electrons. The molecule has 0 bridgehead atoms. The van der Waals surface area contributed by atoms with E-state index in [1.807, 2.05) is 45.2 Å². The Kier molecular flexibility index (Phi) is 5.95. The van der Waals surface area contributed by atoms with Gasteiger partial charge in [0.15, 0.2) is 0 Å². The first-order valence-corrected chi connectivity index (χ1v) is 11.3. The molecule has 0 aliphatic carbocycles. The highest BCUT2D eigenvalue weighted by Crippen LogP contribution is 2.31. The van der Waals surface area contributed by atoms with Crippen molar-refractivity contribution < 1.29 is 14.6 Å². The summed E-state index contributed by atoms with van der Waals surface area (Å²) in [6.07, 6.45) is 3.30. The van der Waals surface area contributed by atoms with E-state index >= 15 is 0 Å². The molecule has 2 aromatic carbocycles. The zero-order chi connectivity index (χ0) is 22.9. The van der Waals surface area contributed by atoms with E-state index < -0.39 is 11.2 Å². The molecule has 2 heterocycles. The number of aliphatic hydroxyl groups is 1. The summed E-state index contributed by atoms with van der Waals surface area (Å²) in [4.78, 5) is 18.6. The standard InChI is InChI=1S/C27H32N2O3/c1-19-22-7-5-6-8-24(22)28-18-23(19)21-11-9-20(10-12-21)17-27(31)13-15-29(16-14-27)25(30)32-26(2,3)4/h5-12,18,31H,13-17H2,1-4H3. The summed E-state index contributed by atoms with van der Waals surface area (Å²) in [7, 11) is 0. The van der Waals surface area contributed by atoms with E-state index in [9.17, 15) is 9.90 Å². The molecule has 32 heavy (non-hydrogen) atoms. The number of rotatable bonds is 3. The van der Waals surface area contributed by atoms with Gasteiger partial charge in [-0.2, -0.15) is 0 Å². The van der Waals surface area contributed by atoms with E-state index in [1.165, 1.54) is 10.9 Å². The molecular weight excluding hydrogens is 400 g/mol. The first-order chi connectivity index (χ1) is 15.1. The fourth-order valence-electron chi connectivity index (χ4n) is 4.36. The van der Waals surface area contributed by atoms with Gasteiger partial charge >= 0.3 is 6.09 Å². The second-order valence-electron chi connectivity index (χ2n) is 9.88. The fourth-order valence-corrected chi connectivity index (χ4v) is 4.36. The van der Waals surface area contributed by atoms with Crippen molar-refractivity contribution in [3.8, 4) is 11.1 Å². The molecular formula is C27H32N2O3. The highest BCUT2D eigenvalue weighted by molar-refractivity contribution is 5.88. The van der Waals surface area contributed by atoms with Crippen molar-refractivity contribution >= 4 is 17.0 Å². The highest BCUT2D eigenvalue weighted by atomic mass is 16.6. The molecule has 1 fully saturated rings. The minimum absolute atomic E-state index is 0.303. The Morgan fingerprint density at radius 1 is 1.09 bits per heavy atom. The van der Waals surface area contributed by atoms with Gasteiger partial charge in [0.2, 0.25) is 0 Å². The topological polar surface area (TPSA) is 62.7 Å². The molecule has 1 aromatic heterocycles. The molecule has 5 nitrogen and oxygen atoms in total. The predicted molar refractivity (Wildman–Crippen MR) is 128 cm³/mol. The second kappa shape index (κ2) is 8.55. The number of hydrogen-bond donors (Lipinski definition) is 1. The van der Waals surface area contributed by atoms with Crippen LogP contribution in [0.3, 0.4) is 0 Å². The van der Waals surface area contributed by atoms with Crippen molar-refractivity contribution in [3.05, 3.63) is 65.9 Å². The van der Waals surface area contributed by atoms with Gasteiger partial charge in [0.25, 0.3) is 0 Å². The number of para-hydroxylation sites is 1. The number of likely N-dealkylation sites (tertiary alicyclic amines) is 1. The fraction of sp³-hybridized carbons (Fsp3) is 0.407. The molecule has 1 saturated heterocycles. The number of carbonyl (C=O) groups is 1. The van der Waals surface area contributed by atoms with Crippen LogP contribution in [0.1, 0.15) is 44.7 Å². The molecule has 4 rings (SSSR count). The summed E-state index contributed by atoms with van der Waals surface area (Å²) < 4.78 is 5.46. The lowest BCUT2D eigenvalue weighted by Crippen LogP contribution is -2.49. The molecule has 5 heteroatoms. The number of carbonyl (C=O) groups excluding carboxylic acids is 1. The van der Waals surface area contributed by atoms with Crippen LogP contribution in [0.15, 0.2) is 54.7 Å². The van der Waals surface area contributed by atoms with Gasteiger partial charge in [0.05, 0.1) is 11.1 Å². The molecule has 0 atom stereocenters. The maximum Gasteiger partial charge on any atom is 0.410 e. The number of nitrogens with zero attached hydrogens (tertiary/aromatic N) is 2. The molecule has 1 amide bonds. The van der Waals surface area contributed by atoms with Crippen LogP contribution in [-0.2, 0) is 11.2 Å². The number of pyridine rings is 1. The van der Waals surface area contributed by atoms with E-state index in [-0.39, 0.29) is 6.09 Å². The van der Waals surface area contributed by atoms with Crippen molar-refractivity contribution in [1.29, 1.82) is 0 Å². The largest absolute Gasteiger partial charge is 0.444 e. The number of fused-ring (bicyclic) bond motifs is 1. The summed E-state index contributed by atoms with van der Waals surface area (Å²) in [6.45, 7) is 8.74. The van der Waals surface area contributed by atoms with Gasteiger partial charge in [-0.3, -0.25) is 4.98 Å². The summed E-state index contributed by atoms with van der Waals surface area (Å²) in [5.41, 5.74) is 4.25. The van der Waals surface area contributed by atoms with E-state index in [0.29, 0.717) is 32.4 Å². The number of ether oxygens (including phenoxy) is 1. The van der Waals surface area contributed by atoms with Crippen LogP contribution >= 0.6 is 0 Å². The molecule has 1 N–H and O–H groups in total. The minimum Gasteiger partial charge on any atom is -0.444 e. The van der Waals surface area contributed by atoms with Crippen LogP contribution in [0.25, 0.3) is 22.0 Å². The van der Waals surface area contributed by atoms with Gasteiger partial charge in [-0.1, -0.05) is 42.5 Å². The number of piperidine rings is 1. The summed E-state index contributed by atoms with van der Waals surface area (Å²) >= 11 is 0. The maximum absolute atomic E-state index is 12.3. The Morgan fingerprint density at radius 2 is 1.75 bits per heavy atom. The zero-order valence-corrected chi connectivity index (χ0v) is 19.4. The van der Waals surface area contributed by atoms with Crippen molar-refractivity contribution in [2.45, 2.75) is 58.2 Å². The summed E-state index contributed by atoms with van der Waals surface area (Å²) in [6, 6.07) is 16.6. The highest BCUT2D eigenvalue weighted by Gasteiger charge is 2.35. The smallest absolute Gasteiger partial charge is 0.410 e. The second-order valence-corrected chi connectivity index (χ2v) is 9.88. The lowest BCUT2D eigenvalue weighted by molar-refractivity contribution is -0.0315. The number of benzene rings is 2. The van der Waals surface area contributed by atoms with Crippen LogP contribution in [-0.4, -0.2) is 45.4 Å². The summed E-state index contributed by atoms with van der Waals surface area (Å²) in [5.74, 6) is 0. The third kappa shape index (κ3) is 4.94. The van der Waals surface area contributed by atoms with Gasteiger partial charge in [0, 0.05) is 36.7 Å². The van der Waals surface area contributed by atoms with Crippen molar-refractivity contribution in [1.82, 2.24) is 9.88 Å². The lowest BCUT2D eigenvalue weighted by atomic mass is 9.85. The number of aryl methyl sites for hydroxylation is 1. The Balaban J connectivity index is 1.42. The van der Waals surface area contributed by atoms with Crippen LogP contribution in [0.5, 0.6) is 0 Å². The molecule has 1 aliphatic heterocycles. The van der Waals surface area contributed by atoms with Gasteiger partial charge in [-0.25, -0.2) is 4.79 Å². The van der Waals surface area contributed by atoms with Crippen molar-refractivity contribution in [2.75, 3.05) is 13.1 Å². The molecule has 1 aliphatic rings. The van der Waals surface area contributed by atoms with Gasteiger partial charge in [0.1, 0.15) is 5.60 Å². The number of aromatic nitrogens is 1. The Hall–Kier alpha value is -2.92. The first-order valence-electron chi connectivity index (χ1n) is 11.3. The number of amides is 1. The maximum atomic E-state index is 12.3. The summed E-state index contributed by atoms with van der Waals surface area (Å²) in [5, 5.41) is 12.3. The third-order valence-electron chi connectivity index (χ3n) is 6.19. The van der Waals surface area contributed by atoms with Crippen LogP contribution in [0.4, 0.5) is 4.79 Å². The third-order valence-corrected chi connectivity index (χ3v) is 6.19. The van der Waals surface area contributed by atoms with E-state index in [1.54, 1.807) is 4.90 Å². The zero-order valence-electron chi connectivity index (χ0n) is 19.4. The van der Waals surface area contributed by atoms with Crippen LogP contribution in [0, 0.1) is 6.92 Å². The van der Waals surface area contributed by atoms with Crippen LogP contribution < -0.4 is 0 Å². The Labute approximate surface area is 190 Å². The monoisotopic (exact) mass is 432 g/mol. The average Bonchev–Trinajstić information content (AvgIpc) is 2.74. The minimum atomic E-state index is -0.805. The first kappa shape index (κ1) is 22.3. The average molecular weight is 433 g/mol. The van der Waals surface area contributed by atoms with E-state index in [4.69, 9.17) is 4.74 Å². The number of hydrogen-bond acceptors (Lipinski definition) is 4. The van der Waals surface area contributed by atoms with E-state index in [2.05, 4.69) is 42.2 Å². The van der Waals surface area contributed by atoms with E-state index in [0.717, 1.165) is 22.2 Å². The lowest BCUT2D eigenvalue weighted by Gasteiger charge is -2.38. The quantitative estimate of drug-likeness (QED) is 0.592. The van der Waals surface area contributed by atoms with Crippen molar-refractivity contribution in [3.63, 3.8) is 0 Å². The molecule has 168 valence electrons. The Morgan fingerprint density at radius 3 is 2.41 bits per heavy atom. The predicted octanol–water partition coefficient (Wildman–Crippen LogP) is 5.51. The van der Waals surface area contributed by atoms with Crippen molar-refractivity contribution in [2.24, 2.45) is 0 Å². The molecule has 0 saturated carbocycles. The normalized spacial score (nSPS) is 16.2. The van der Waals surface area contributed by atoms with Gasteiger partial charge in [-0.05, 0) is 63.3 Å². The molecule has 0 unspecified atom stereocenters. The molecule has 3 aromatic rings. The SMILES string of the molecule is Cc1c(-c2ccc(CC3(O)CCN(C(=O)OC(C)(C)C)CC3)cc2)cnc2ccccc12. The van der Waals surface area contributed by atoms with Gasteiger partial charge < -0.3 is 14.7 Å². The van der Waals surface area contributed by atoms with Gasteiger partial charge in [-0.15, -0.1) is 0 Å². The van der Waals surface area contributed by atoms with Crippen LogP contribution in [0.2, 0.25) is 0 Å². The Bertz CT molecular complexity index is 1110. The molecule has 0 spiro atoms.